The van der Waals surface area contributed by atoms with E-state index < -0.39 is 28.5 Å². The van der Waals surface area contributed by atoms with Gasteiger partial charge in [-0.25, -0.2) is 0 Å². The molecule has 1 aliphatic heterocycles. The van der Waals surface area contributed by atoms with Gasteiger partial charge in [0.25, 0.3) is 16.8 Å². The highest BCUT2D eigenvalue weighted by molar-refractivity contribution is 8.18. The Kier molecular flexibility index (Phi) is 7.84. The number of carbonyl (C=O) groups is 3. The summed E-state index contributed by atoms with van der Waals surface area (Å²) in [5.74, 6) is -0.909. The summed E-state index contributed by atoms with van der Waals surface area (Å²) in [7, 11) is 1.39. The van der Waals surface area contributed by atoms with Crippen LogP contribution in [0.15, 0.2) is 77.7 Å². The zero-order chi connectivity index (χ0) is 26.4. The summed E-state index contributed by atoms with van der Waals surface area (Å²) < 4.78 is 11.1. The van der Waals surface area contributed by atoms with Gasteiger partial charge in [0.05, 0.1) is 28.6 Å². The van der Waals surface area contributed by atoms with Gasteiger partial charge in [0.15, 0.2) is 11.5 Å². The number of anilines is 1. The van der Waals surface area contributed by atoms with Gasteiger partial charge in [-0.3, -0.25) is 29.4 Å². The highest BCUT2D eigenvalue weighted by Crippen LogP contribution is 2.39. The smallest absolute Gasteiger partial charge is 0.294 e. The molecule has 10 nitrogen and oxygen atoms in total. The predicted octanol–water partition coefficient (Wildman–Crippen LogP) is 4.86. The predicted molar refractivity (Wildman–Crippen MR) is 138 cm³/mol. The van der Waals surface area contributed by atoms with Crippen molar-refractivity contribution >= 4 is 46.3 Å². The van der Waals surface area contributed by atoms with E-state index in [9.17, 15) is 24.5 Å². The van der Waals surface area contributed by atoms with Crippen molar-refractivity contribution in [3.05, 3.63) is 98.9 Å². The first-order chi connectivity index (χ1) is 17.9. The molecule has 1 saturated heterocycles. The Morgan fingerprint density at radius 2 is 1.73 bits per heavy atom. The van der Waals surface area contributed by atoms with Crippen LogP contribution >= 0.6 is 11.8 Å². The minimum atomic E-state index is -0.726. The summed E-state index contributed by atoms with van der Waals surface area (Å²) >= 11 is 0.594. The number of methoxy groups -OCH3 is 1. The van der Waals surface area contributed by atoms with Crippen molar-refractivity contribution in [2.75, 3.05) is 19.0 Å². The fraction of sp³-hybridized carbons (Fsp3) is 0.115. The van der Waals surface area contributed by atoms with Crippen molar-refractivity contribution in [2.24, 2.45) is 0 Å². The van der Waals surface area contributed by atoms with E-state index in [2.05, 4.69) is 5.32 Å². The highest BCUT2D eigenvalue weighted by atomic mass is 32.2. The third-order valence-electron chi connectivity index (χ3n) is 5.27. The lowest BCUT2D eigenvalue weighted by Gasteiger charge is -2.13. The lowest BCUT2D eigenvalue weighted by atomic mass is 10.1. The molecular weight excluding hydrogens is 498 g/mol. The van der Waals surface area contributed by atoms with E-state index in [-0.39, 0.29) is 34.3 Å². The number of amides is 3. The minimum Gasteiger partial charge on any atom is -0.493 e. The molecule has 3 aromatic carbocycles. The number of hydrogen-bond acceptors (Lipinski definition) is 8. The summed E-state index contributed by atoms with van der Waals surface area (Å²) in [5.41, 5.74) is 1.10. The zero-order valence-electron chi connectivity index (χ0n) is 19.6. The van der Waals surface area contributed by atoms with Crippen molar-refractivity contribution < 1.29 is 28.8 Å². The molecule has 1 aliphatic rings. The molecule has 1 fully saturated rings. The molecule has 0 unspecified atom stereocenters. The average Bonchev–Trinajstić information content (AvgIpc) is 3.15. The fourth-order valence-electron chi connectivity index (χ4n) is 3.49. The second-order valence-corrected chi connectivity index (χ2v) is 8.77. The maximum Gasteiger partial charge on any atom is 0.294 e. The van der Waals surface area contributed by atoms with Crippen LogP contribution in [-0.2, 0) is 16.2 Å². The number of nitro groups is 1. The number of para-hydroxylation sites is 1. The topological polar surface area (TPSA) is 128 Å². The SMILES string of the molecule is COc1cc(/C=C2/SC(=O)N(CC(=O)Nc3ccccc3)C2=O)c([N+](=O)[O-])cc1OCc1ccccc1. The van der Waals surface area contributed by atoms with Crippen molar-refractivity contribution in [3.8, 4) is 11.5 Å². The molecule has 37 heavy (non-hydrogen) atoms. The first-order valence-corrected chi connectivity index (χ1v) is 11.8. The number of hydrogen-bond donors (Lipinski definition) is 1. The van der Waals surface area contributed by atoms with Crippen LogP contribution in [-0.4, -0.2) is 40.5 Å². The number of rotatable bonds is 9. The van der Waals surface area contributed by atoms with Crippen LogP contribution in [0.4, 0.5) is 16.2 Å². The van der Waals surface area contributed by atoms with Gasteiger partial charge in [-0.05, 0) is 41.6 Å². The number of ether oxygens (including phenoxy) is 2. The Balaban J connectivity index is 1.55. The largest absolute Gasteiger partial charge is 0.493 e. The quantitative estimate of drug-likeness (QED) is 0.241. The number of nitrogens with one attached hydrogen (secondary N) is 1. The number of imide groups is 1. The van der Waals surface area contributed by atoms with E-state index in [4.69, 9.17) is 9.47 Å². The van der Waals surface area contributed by atoms with Crippen molar-refractivity contribution in [3.63, 3.8) is 0 Å². The van der Waals surface area contributed by atoms with Gasteiger partial charge in [0.1, 0.15) is 13.2 Å². The molecule has 0 radical (unpaired) electrons. The van der Waals surface area contributed by atoms with Gasteiger partial charge >= 0.3 is 0 Å². The minimum absolute atomic E-state index is 0.0492. The maximum absolute atomic E-state index is 12.9. The molecule has 0 spiro atoms. The van der Waals surface area contributed by atoms with Crippen LogP contribution in [0.1, 0.15) is 11.1 Å². The third-order valence-corrected chi connectivity index (χ3v) is 6.17. The van der Waals surface area contributed by atoms with Gasteiger partial charge in [-0.2, -0.15) is 0 Å². The summed E-state index contributed by atoms with van der Waals surface area (Å²) in [6.07, 6.45) is 1.24. The first-order valence-electron chi connectivity index (χ1n) is 11.0. The molecule has 11 heteroatoms. The van der Waals surface area contributed by atoms with Crippen molar-refractivity contribution in [1.82, 2.24) is 4.90 Å². The molecule has 0 aromatic heterocycles. The van der Waals surface area contributed by atoms with Gasteiger partial charge in [0, 0.05) is 5.69 Å². The number of nitro benzene ring substituents is 1. The van der Waals surface area contributed by atoms with Crippen molar-refractivity contribution in [1.29, 1.82) is 0 Å². The van der Waals surface area contributed by atoms with Gasteiger partial charge in [0.2, 0.25) is 5.91 Å². The Bertz CT molecular complexity index is 1380. The lowest BCUT2D eigenvalue weighted by molar-refractivity contribution is -0.385. The molecule has 0 bridgehead atoms. The van der Waals surface area contributed by atoms with Gasteiger partial charge in [-0.15, -0.1) is 0 Å². The molecule has 3 amide bonds. The van der Waals surface area contributed by atoms with E-state index in [0.717, 1.165) is 10.5 Å². The fourth-order valence-corrected chi connectivity index (χ4v) is 4.32. The average molecular weight is 520 g/mol. The molecule has 4 rings (SSSR count). The van der Waals surface area contributed by atoms with E-state index in [1.165, 1.54) is 25.3 Å². The Hall–Kier alpha value is -4.64. The Morgan fingerprint density at radius 1 is 1.05 bits per heavy atom. The molecule has 0 atom stereocenters. The first kappa shape index (κ1) is 25.5. The second kappa shape index (κ2) is 11.4. The van der Waals surface area contributed by atoms with E-state index in [1.807, 2.05) is 30.3 Å². The monoisotopic (exact) mass is 519 g/mol. The van der Waals surface area contributed by atoms with Gasteiger partial charge in [-0.1, -0.05) is 48.5 Å². The second-order valence-electron chi connectivity index (χ2n) is 7.78. The van der Waals surface area contributed by atoms with E-state index in [0.29, 0.717) is 17.4 Å². The van der Waals surface area contributed by atoms with E-state index in [1.54, 1.807) is 30.3 Å². The molecule has 188 valence electrons. The Labute approximate surface area is 216 Å². The van der Waals surface area contributed by atoms with Crippen LogP contribution < -0.4 is 14.8 Å². The molecule has 3 aromatic rings. The van der Waals surface area contributed by atoms with Crippen molar-refractivity contribution in [2.45, 2.75) is 6.61 Å². The molecular formula is C26H21N3O7S. The molecule has 1 heterocycles. The number of thioether (sulfide) groups is 1. The summed E-state index contributed by atoms with van der Waals surface area (Å²) in [6.45, 7) is -0.327. The molecule has 0 aliphatic carbocycles. The summed E-state index contributed by atoms with van der Waals surface area (Å²) in [5, 5.41) is 13.8. The Morgan fingerprint density at radius 3 is 2.38 bits per heavy atom. The van der Waals surface area contributed by atoms with Gasteiger partial charge < -0.3 is 14.8 Å². The van der Waals surface area contributed by atoms with Crippen LogP contribution in [0.5, 0.6) is 11.5 Å². The van der Waals surface area contributed by atoms with Crippen LogP contribution in [0.2, 0.25) is 0 Å². The third kappa shape index (κ3) is 6.14. The van der Waals surface area contributed by atoms with E-state index >= 15 is 0 Å². The summed E-state index contributed by atoms with van der Waals surface area (Å²) in [4.78, 5) is 49.6. The number of benzene rings is 3. The lowest BCUT2D eigenvalue weighted by Crippen LogP contribution is -2.36. The molecule has 1 N–H and O–H groups in total. The molecule has 0 saturated carbocycles. The van der Waals surface area contributed by atoms with Crippen LogP contribution in [0, 0.1) is 10.1 Å². The summed E-state index contributed by atoms with van der Waals surface area (Å²) in [6, 6.07) is 20.4. The maximum atomic E-state index is 12.9. The van der Waals surface area contributed by atoms with Crippen LogP contribution in [0.25, 0.3) is 6.08 Å². The zero-order valence-corrected chi connectivity index (χ0v) is 20.4. The number of carbonyl (C=O) groups excluding carboxylic acids is 3. The number of nitrogens with zero attached hydrogens (tertiary/aromatic N) is 2. The normalized spacial score (nSPS) is 14.1. The standard InChI is InChI=1S/C26H21N3O7S/c1-35-21-12-18(20(29(33)34)14-22(21)36-16-17-8-4-2-5-9-17)13-23-25(31)28(26(32)37-23)15-24(30)27-19-10-6-3-7-11-19/h2-14H,15-16H2,1H3,(H,27,30)/b23-13+. The van der Waals surface area contributed by atoms with Crippen LogP contribution in [0.3, 0.4) is 0 Å². The highest BCUT2D eigenvalue weighted by Gasteiger charge is 2.37.